The van der Waals surface area contributed by atoms with E-state index in [4.69, 9.17) is 11.6 Å². The molecule has 3 rings (SSSR count). The summed E-state index contributed by atoms with van der Waals surface area (Å²) in [5.74, 6) is -0.982. The van der Waals surface area contributed by atoms with Crippen LogP contribution in [-0.2, 0) is 16.6 Å². The van der Waals surface area contributed by atoms with Crippen molar-refractivity contribution < 1.29 is 12.8 Å². The van der Waals surface area contributed by atoms with Crippen molar-refractivity contribution in [3.63, 3.8) is 0 Å². The molecule has 25 heavy (non-hydrogen) atoms. The molecule has 1 aromatic heterocycles. The zero-order valence-electron chi connectivity index (χ0n) is 12.9. The largest absolute Gasteiger partial charge is 0.251 e. The molecule has 0 amide bonds. The number of hydrogen-bond donors (Lipinski definition) is 1. The van der Waals surface area contributed by atoms with E-state index in [1.807, 2.05) is 6.07 Å². The first-order chi connectivity index (χ1) is 12.0. The van der Waals surface area contributed by atoms with Gasteiger partial charge in [-0.2, -0.15) is 5.10 Å². The molecule has 0 radical (unpaired) electrons. The van der Waals surface area contributed by atoms with Gasteiger partial charge in [0.1, 0.15) is 17.6 Å². The number of nitrogens with one attached hydrogen (secondary N) is 1. The third kappa shape index (κ3) is 4.04. The fourth-order valence-corrected chi connectivity index (χ4v) is 3.90. The summed E-state index contributed by atoms with van der Waals surface area (Å²) in [5.41, 5.74) is 0.712. The summed E-state index contributed by atoms with van der Waals surface area (Å²) in [6, 6.07) is 12.1. The molecule has 2 aromatic carbocycles. The van der Waals surface area contributed by atoms with Gasteiger partial charge in [0.05, 0.1) is 17.6 Å². The highest BCUT2D eigenvalue weighted by Crippen LogP contribution is 2.24. The SMILES string of the molecule is O=S(=O)(N[C@@H](Cn1cncn1)c1ccccc1)c1cccc(Cl)c1F. The van der Waals surface area contributed by atoms with E-state index in [2.05, 4.69) is 14.8 Å². The third-order valence-corrected chi connectivity index (χ3v) is 5.32. The van der Waals surface area contributed by atoms with Crippen molar-refractivity contribution in [3.05, 3.63) is 77.6 Å². The zero-order chi connectivity index (χ0) is 17.9. The lowest BCUT2D eigenvalue weighted by atomic mass is 10.1. The topological polar surface area (TPSA) is 76.9 Å². The van der Waals surface area contributed by atoms with E-state index in [1.165, 1.54) is 35.5 Å². The maximum atomic E-state index is 14.1. The van der Waals surface area contributed by atoms with E-state index in [0.717, 1.165) is 0 Å². The van der Waals surface area contributed by atoms with Gasteiger partial charge in [-0.05, 0) is 17.7 Å². The maximum Gasteiger partial charge on any atom is 0.244 e. The Balaban J connectivity index is 1.95. The van der Waals surface area contributed by atoms with E-state index in [-0.39, 0.29) is 11.6 Å². The van der Waals surface area contributed by atoms with E-state index in [1.54, 1.807) is 24.3 Å². The second-order valence-corrected chi connectivity index (χ2v) is 7.34. The summed E-state index contributed by atoms with van der Waals surface area (Å²) in [6.45, 7) is 0.200. The van der Waals surface area contributed by atoms with Crippen LogP contribution in [0.3, 0.4) is 0 Å². The van der Waals surface area contributed by atoms with Crippen LogP contribution in [0.1, 0.15) is 11.6 Å². The first-order valence-electron chi connectivity index (χ1n) is 7.31. The lowest BCUT2D eigenvalue weighted by Crippen LogP contribution is -2.32. The molecule has 0 saturated heterocycles. The van der Waals surface area contributed by atoms with Gasteiger partial charge >= 0.3 is 0 Å². The molecule has 130 valence electrons. The van der Waals surface area contributed by atoms with Gasteiger partial charge in [0.15, 0.2) is 5.82 Å². The second-order valence-electron chi connectivity index (χ2n) is 5.25. The summed E-state index contributed by atoms with van der Waals surface area (Å²) in [7, 11) is -4.13. The Labute approximate surface area is 149 Å². The van der Waals surface area contributed by atoms with Crippen LogP contribution in [0.2, 0.25) is 5.02 Å². The minimum absolute atomic E-state index is 0.200. The maximum absolute atomic E-state index is 14.1. The standard InChI is InChI=1S/C16H14ClFN4O2S/c17-13-7-4-8-15(16(13)18)25(23,24)21-14(9-22-11-19-10-20-22)12-5-2-1-3-6-12/h1-8,10-11,14,21H,9H2/t14-/m0/s1. The van der Waals surface area contributed by atoms with Gasteiger partial charge in [-0.1, -0.05) is 48.0 Å². The van der Waals surface area contributed by atoms with Crippen molar-refractivity contribution in [1.82, 2.24) is 19.5 Å². The normalized spacial score (nSPS) is 12.9. The summed E-state index contributed by atoms with van der Waals surface area (Å²) in [6.07, 6.45) is 2.83. The summed E-state index contributed by atoms with van der Waals surface area (Å²) in [5, 5.41) is 3.74. The number of hydrogen-bond acceptors (Lipinski definition) is 4. The highest BCUT2D eigenvalue weighted by Gasteiger charge is 2.25. The molecule has 0 spiro atoms. The molecule has 0 unspecified atom stereocenters. The Bertz CT molecular complexity index is 950. The first kappa shape index (κ1) is 17.5. The molecule has 1 N–H and O–H groups in total. The number of sulfonamides is 1. The molecule has 0 bridgehead atoms. The molecule has 3 aromatic rings. The van der Waals surface area contributed by atoms with E-state index in [9.17, 15) is 12.8 Å². The molecule has 0 aliphatic carbocycles. The lowest BCUT2D eigenvalue weighted by Gasteiger charge is -2.19. The molecule has 9 heteroatoms. The monoisotopic (exact) mass is 380 g/mol. The van der Waals surface area contributed by atoms with Crippen LogP contribution in [0, 0.1) is 5.82 Å². The second kappa shape index (κ2) is 7.30. The molecule has 0 aliphatic rings. The molecule has 1 heterocycles. The minimum Gasteiger partial charge on any atom is -0.251 e. The van der Waals surface area contributed by atoms with Gasteiger partial charge in [-0.25, -0.2) is 22.5 Å². The summed E-state index contributed by atoms with van der Waals surface area (Å²) < 4.78 is 43.5. The molecular weight excluding hydrogens is 367 g/mol. The van der Waals surface area contributed by atoms with E-state index < -0.39 is 26.8 Å². The van der Waals surface area contributed by atoms with Crippen LogP contribution in [0.25, 0.3) is 0 Å². The fourth-order valence-electron chi connectivity index (χ4n) is 2.35. The predicted molar refractivity (Wildman–Crippen MR) is 90.9 cm³/mol. The number of benzene rings is 2. The van der Waals surface area contributed by atoms with Crippen LogP contribution < -0.4 is 4.72 Å². The van der Waals surface area contributed by atoms with Crippen molar-refractivity contribution in [2.24, 2.45) is 0 Å². The minimum atomic E-state index is -4.13. The Kier molecular flexibility index (Phi) is 5.12. The first-order valence-corrected chi connectivity index (χ1v) is 9.17. The van der Waals surface area contributed by atoms with Gasteiger partial charge in [0, 0.05) is 0 Å². The predicted octanol–water partition coefficient (Wildman–Crippen LogP) is 2.79. The van der Waals surface area contributed by atoms with Gasteiger partial charge in [-0.15, -0.1) is 0 Å². The Morgan fingerprint density at radius 3 is 2.60 bits per heavy atom. The quantitative estimate of drug-likeness (QED) is 0.713. The molecule has 0 saturated carbocycles. The van der Waals surface area contributed by atoms with Gasteiger partial charge < -0.3 is 0 Å². The van der Waals surface area contributed by atoms with Gasteiger partial charge in [-0.3, -0.25) is 4.68 Å². The van der Waals surface area contributed by atoms with Crippen LogP contribution in [0.5, 0.6) is 0 Å². The van der Waals surface area contributed by atoms with Gasteiger partial charge in [0.25, 0.3) is 0 Å². The molecule has 1 atom stereocenters. The van der Waals surface area contributed by atoms with Crippen molar-refractivity contribution >= 4 is 21.6 Å². The molecule has 6 nitrogen and oxygen atoms in total. The fraction of sp³-hybridized carbons (Fsp3) is 0.125. The molecular formula is C16H14ClFN4O2S. The highest BCUT2D eigenvalue weighted by molar-refractivity contribution is 7.89. The Hall–Kier alpha value is -2.29. The zero-order valence-corrected chi connectivity index (χ0v) is 14.5. The van der Waals surface area contributed by atoms with Gasteiger partial charge in [0.2, 0.25) is 10.0 Å². The van der Waals surface area contributed by atoms with Crippen LogP contribution in [0.4, 0.5) is 4.39 Å². The lowest BCUT2D eigenvalue weighted by molar-refractivity contribution is 0.479. The number of aromatic nitrogens is 3. The third-order valence-electron chi connectivity index (χ3n) is 3.54. The molecule has 0 fully saturated rings. The summed E-state index contributed by atoms with van der Waals surface area (Å²) in [4.78, 5) is 3.35. The van der Waals surface area contributed by atoms with Crippen LogP contribution in [-0.4, -0.2) is 23.2 Å². The van der Waals surface area contributed by atoms with Crippen molar-refractivity contribution in [2.45, 2.75) is 17.5 Å². The van der Waals surface area contributed by atoms with Crippen molar-refractivity contribution in [2.75, 3.05) is 0 Å². The van der Waals surface area contributed by atoms with E-state index >= 15 is 0 Å². The Morgan fingerprint density at radius 2 is 1.92 bits per heavy atom. The highest BCUT2D eigenvalue weighted by atomic mass is 35.5. The van der Waals surface area contributed by atoms with Crippen LogP contribution in [0.15, 0.2) is 66.1 Å². The van der Waals surface area contributed by atoms with Crippen molar-refractivity contribution in [3.8, 4) is 0 Å². The van der Waals surface area contributed by atoms with Crippen LogP contribution >= 0.6 is 11.6 Å². The van der Waals surface area contributed by atoms with Crippen molar-refractivity contribution in [1.29, 1.82) is 0 Å². The van der Waals surface area contributed by atoms with E-state index in [0.29, 0.717) is 5.56 Å². The Morgan fingerprint density at radius 1 is 1.16 bits per heavy atom. The number of nitrogens with zero attached hydrogens (tertiary/aromatic N) is 3. The number of rotatable bonds is 6. The molecule has 0 aliphatic heterocycles. The summed E-state index contributed by atoms with van der Waals surface area (Å²) >= 11 is 5.70. The average molecular weight is 381 g/mol. The smallest absolute Gasteiger partial charge is 0.244 e. The average Bonchev–Trinajstić information content (AvgIpc) is 3.10. The number of halogens is 2.